The molecule has 5 nitrogen and oxygen atoms in total. The van der Waals surface area contributed by atoms with Crippen molar-refractivity contribution in [2.75, 3.05) is 39.8 Å². The Hall–Kier alpha value is -0.810. The van der Waals surface area contributed by atoms with Gasteiger partial charge in [-0.25, -0.2) is 0 Å². The number of hydrogen-bond acceptors (Lipinski definition) is 3. The topological polar surface area (TPSA) is 56.9 Å². The van der Waals surface area contributed by atoms with Gasteiger partial charge in [-0.3, -0.25) is 9.89 Å². The zero-order valence-electron chi connectivity index (χ0n) is 13.9. The maximum atomic E-state index is 6.07. The van der Waals surface area contributed by atoms with E-state index in [1.54, 1.807) is 0 Å². The van der Waals surface area contributed by atoms with Gasteiger partial charge in [0, 0.05) is 38.3 Å². The maximum Gasteiger partial charge on any atom is 0.188 e. The van der Waals surface area contributed by atoms with E-state index < -0.39 is 0 Å². The van der Waals surface area contributed by atoms with Crippen molar-refractivity contribution in [2.24, 2.45) is 10.7 Å². The van der Waals surface area contributed by atoms with Crippen molar-refractivity contribution < 1.29 is 0 Å². The van der Waals surface area contributed by atoms with Crippen LogP contribution in [0.5, 0.6) is 0 Å². The van der Waals surface area contributed by atoms with Crippen molar-refractivity contribution >= 4 is 5.96 Å². The van der Waals surface area contributed by atoms with Gasteiger partial charge in [0.1, 0.15) is 0 Å². The Bertz CT molecular complexity index is 315. The maximum absolute atomic E-state index is 6.07. The molecule has 122 valence electrons. The molecule has 1 atom stereocenters. The van der Waals surface area contributed by atoms with Crippen LogP contribution in [0.15, 0.2) is 4.99 Å². The van der Waals surface area contributed by atoms with Gasteiger partial charge in [0.25, 0.3) is 0 Å². The molecule has 3 N–H and O–H groups in total. The first kappa shape index (κ1) is 16.6. The van der Waals surface area contributed by atoms with E-state index in [-0.39, 0.29) is 0 Å². The van der Waals surface area contributed by atoms with E-state index in [9.17, 15) is 0 Å². The summed E-state index contributed by atoms with van der Waals surface area (Å²) in [5, 5.41) is 3.43. The van der Waals surface area contributed by atoms with Crippen LogP contribution < -0.4 is 11.1 Å². The zero-order chi connectivity index (χ0) is 15.1. The highest BCUT2D eigenvalue weighted by atomic mass is 15.3. The number of nitrogens with one attached hydrogen (secondary N) is 1. The van der Waals surface area contributed by atoms with Gasteiger partial charge in [0.15, 0.2) is 5.96 Å². The number of rotatable bonds is 4. The Balaban J connectivity index is 1.71. The van der Waals surface area contributed by atoms with E-state index >= 15 is 0 Å². The fourth-order valence-electron chi connectivity index (χ4n) is 3.29. The summed E-state index contributed by atoms with van der Waals surface area (Å²) in [6.07, 6.45) is 7.87. The molecular formula is C16H33N5. The van der Waals surface area contributed by atoms with E-state index in [2.05, 4.69) is 34.1 Å². The number of nitrogens with zero attached hydrogens (tertiary/aromatic N) is 3. The van der Waals surface area contributed by atoms with Crippen LogP contribution in [0.25, 0.3) is 0 Å². The van der Waals surface area contributed by atoms with E-state index in [1.807, 2.05) is 0 Å². The number of hydrogen-bond donors (Lipinski definition) is 2. The highest BCUT2D eigenvalue weighted by molar-refractivity contribution is 5.78. The molecule has 0 aromatic carbocycles. The molecule has 1 aliphatic carbocycles. The lowest BCUT2D eigenvalue weighted by Crippen LogP contribution is -2.49. The fraction of sp³-hybridized carbons (Fsp3) is 0.938. The standard InChI is InChI=1S/C16H33N5/c1-14(21-11-9-20(2)10-12-21)13-18-16(17)19-15-7-5-3-4-6-8-15/h14-15H,3-13H2,1-2H3,(H3,17,18,19). The van der Waals surface area contributed by atoms with Crippen molar-refractivity contribution in [3.8, 4) is 0 Å². The van der Waals surface area contributed by atoms with Gasteiger partial charge >= 0.3 is 0 Å². The predicted molar refractivity (Wildman–Crippen MR) is 89.6 cm³/mol. The molecule has 1 heterocycles. The van der Waals surface area contributed by atoms with E-state index in [0.717, 1.165) is 32.7 Å². The van der Waals surface area contributed by atoms with Crippen LogP contribution in [0.2, 0.25) is 0 Å². The van der Waals surface area contributed by atoms with Crippen LogP contribution in [-0.2, 0) is 0 Å². The van der Waals surface area contributed by atoms with E-state index in [4.69, 9.17) is 5.73 Å². The predicted octanol–water partition coefficient (Wildman–Crippen LogP) is 1.25. The van der Waals surface area contributed by atoms with Crippen LogP contribution in [0.4, 0.5) is 0 Å². The SMILES string of the molecule is CC(CN=C(N)NC1CCCCCC1)N1CCN(C)CC1. The van der Waals surface area contributed by atoms with Crippen molar-refractivity contribution in [1.29, 1.82) is 0 Å². The minimum Gasteiger partial charge on any atom is -0.370 e. The first-order chi connectivity index (χ1) is 10.1. The Morgan fingerprint density at radius 3 is 2.38 bits per heavy atom. The van der Waals surface area contributed by atoms with Crippen molar-refractivity contribution in [2.45, 2.75) is 57.5 Å². The summed E-state index contributed by atoms with van der Waals surface area (Å²) < 4.78 is 0. The molecule has 21 heavy (non-hydrogen) atoms. The van der Waals surface area contributed by atoms with Gasteiger partial charge in [-0.15, -0.1) is 0 Å². The average molecular weight is 295 g/mol. The summed E-state index contributed by atoms with van der Waals surface area (Å²) in [4.78, 5) is 9.47. The van der Waals surface area contributed by atoms with Gasteiger partial charge in [-0.05, 0) is 26.8 Å². The van der Waals surface area contributed by atoms with Crippen LogP contribution >= 0.6 is 0 Å². The molecule has 1 saturated carbocycles. The quantitative estimate of drug-likeness (QED) is 0.466. The number of likely N-dealkylation sites (N-methyl/N-ethyl adjacent to an activating group) is 1. The molecule has 0 bridgehead atoms. The fourth-order valence-corrected chi connectivity index (χ4v) is 3.29. The Morgan fingerprint density at radius 1 is 1.14 bits per heavy atom. The van der Waals surface area contributed by atoms with Gasteiger partial charge in [0.05, 0.1) is 6.54 Å². The zero-order valence-corrected chi connectivity index (χ0v) is 13.9. The Kier molecular flexibility index (Phi) is 6.77. The lowest BCUT2D eigenvalue weighted by molar-refractivity contribution is 0.122. The summed E-state index contributed by atoms with van der Waals surface area (Å²) >= 11 is 0. The third-order valence-electron chi connectivity index (χ3n) is 4.89. The van der Waals surface area contributed by atoms with Gasteiger partial charge in [-0.1, -0.05) is 25.7 Å². The number of guanidine groups is 1. The first-order valence-electron chi connectivity index (χ1n) is 8.64. The van der Waals surface area contributed by atoms with Crippen LogP contribution in [0.3, 0.4) is 0 Å². The van der Waals surface area contributed by atoms with Crippen LogP contribution in [0.1, 0.15) is 45.4 Å². The molecule has 5 heteroatoms. The third kappa shape index (κ3) is 5.83. The molecule has 0 amide bonds. The van der Waals surface area contributed by atoms with Gasteiger partial charge in [-0.2, -0.15) is 0 Å². The smallest absolute Gasteiger partial charge is 0.188 e. The first-order valence-corrected chi connectivity index (χ1v) is 8.64. The number of aliphatic imine (C=N–C) groups is 1. The van der Waals surface area contributed by atoms with Gasteiger partial charge < -0.3 is 16.0 Å². The lowest BCUT2D eigenvalue weighted by Gasteiger charge is -2.35. The summed E-state index contributed by atoms with van der Waals surface area (Å²) in [6.45, 7) is 7.66. The summed E-state index contributed by atoms with van der Waals surface area (Å²) in [6, 6.07) is 1.02. The second kappa shape index (κ2) is 8.59. The molecule has 1 saturated heterocycles. The minimum atomic E-state index is 0.480. The lowest BCUT2D eigenvalue weighted by atomic mass is 10.1. The molecular weight excluding hydrogens is 262 g/mol. The Labute approximate surface area is 130 Å². The summed E-state index contributed by atoms with van der Waals surface area (Å²) in [7, 11) is 2.19. The van der Waals surface area contributed by atoms with E-state index in [1.165, 1.54) is 38.5 Å². The highest BCUT2D eigenvalue weighted by Crippen LogP contribution is 2.16. The summed E-state index contributed by atoms with van der Waals surface area (Å²) in [5.41, 5.74) is 6.07. The van der Waals surface area contributed by atoms with Crippen LogP contribution in [-0.4, -0.2) is 67.6 Å². The normalized spacial score (nSPS) is 25.5. The number of piperazine rings is 1. The molecule has 0 aromatic rings. The molecule has 1 unspecified atom stereocenters. The Morgan fingerprint density at radius 2 is 1.76 bits per heavy atom. The second-order valence-corrected chi connectivity index (χ2v) is 6.75. The van der Waals surface area contributed by atoms with Crippen molar-refractivity contribution in [3.05, 3.63) is 0 Å². The molecule has 0 aromatic heterocycles. The molecule has 2 aliphatic rings. The monoisotopic (exact) mass is 295 g/mol. The third-order valence-corrected chi connectivity index (χ3v) is 4.89. The van der Waals surface area contributed by atoms with Crippen LogP contribution in [0, 0.1) is 0 Å². The molecule has 2 rings (SSSR count). The molecule has 1 aliphatic heterocycles. The molecule has 0 spiro atoms. The average Bonchev–Trinajstić information content (AvgIpc) is 2.74. The number of nitrogens with two attached hydrogens (primary N) is 1. The second-order valence-electron chi connectivity index (χ2n) is 6.75. The van der Waals surface area contributed by atoms with Crippen molar-refractivity contribution in [1.82, 2.24) is 15.1 Å². The van der Waals surface area contributed by atoms with E-state index in [0.29, 0.717) is 18.0 Å². The minimum absolute atomic E-state index is 0.480. The largest absolute Gasteiger partial charge is 0.370 e. The van der Waals surface area contributed by atoms with Crippen molar-refractivity contribution in [3.63, 3.8) is 0 Å². The van der Waals surface area contributed by atoms with Gasteiger partial charge in [0.2, 0.25) is 0 Å². The highest BCUT2D eigenvalue weighted by Gasteiger charge is 2.19. The summed E-state index contributed by atoms with van der Waals surface area (Å²) in [5.74, 6) is 0.642. The molecule has 0 radical (unpaired) electrons. The molecule has 2 fully saturated rings.